The number of nitriles is 1. The molecule has 3 nitrogen and oxygen atoms in total. The highest BCUT2D eigenvalue weighted by Gasteiger charge is 2.16. The molecule has 0 bridgehead atoms. The van der Waals surface area contributed by atoms with Crippen molar-refractivity contribution in [2.75, 3.05) is 0 Å². The predicted octanol–water partition coefficient (Wildman–Crippen LogP) is 1.32. The summed E-state index contributed by atoms with van der Waals surface area (Å²) in [5.74, 6) is -1.29. The van der Waals surface area contributed by atoms with Crippen molar-refractivity contribution in [2.24, 2.45) is 0 Å². The molecule has 1 aromatic heterocycles. The Morgan fingerprint density at radius 2 is 2.15 bits per heavy atom. The van der Waals surface area contributed by atoms with E-state index in [2.05, 4.69) is 0 Å². The van der Waals surface area contributed by atoms with E-state index in [0.717, 1.165) is 0 Å². The van der Waals surface area contributed by atoms with Crippen LogP contribution in [0.15, 0.2) is 10.9 Å². The van der Waals surface area contributed by atoms with Crippen molar-refractivity contribution >= 4 is 0 Å². The molecule has 1 heterocycles. The molecule has 0 saturated carbocycles. The van der Waals surface area contributed by atoms with Crippen molar-refractivity contribution in [3.05, 3.63) is 33.5 Å². The first-order valence-electron chi connectivity index (χ1n) is 3.17. The van der Waals surface area contributed by atoms with Crippen LogP contribution in [0.3, 0.4) is 0 Å². The zero-order valence-corrected chi connectivity index (χ0v) is 6.14. The smallest absolute Gasteiger partial charge is 0.281 e. The molecule has 1 N–H and O–H groups in total. The third-order valence-electron chi connectivity index (χ3n) is 1.36. The fourth-order valence-corrected chi connectivity index (χ4v) is 0.761. The summed E-state index contributed by atoms with van der Waals surface area (Å²) in [7, 11) is 0. The normalized spacial score (nSPS) is 10.1. The zero-order chi connectivity index (χ0) is 10.0. The highest BCUT2D eigenvalue weighted by molar-refractivity contribution is 5.27. The molecule has 68 valence electrons. The molecule has 0 aliphatic rings. The van der Waals surface area contributed by atoms with Gasteiger partial charge in [-0.2, -0.15) is 5.26 Å². The van der Waals surface area contributed by atoms with Crippen molar-refractivity contribution < 1.29 is 13.2 Å². The zero-order valence-electron chi connectivity index (χ0n) is 6.14. The molecule has 0 amide bonds. The van der Waals surface area contributed by atoms with Crippen molar-refractivity contribution in [3.8, 4) is 6.07 Å². The van der Waals surface area contributed by atoms with E-state index in [-0.39, 0.29) is 0 Å². The number of alkyl halides is 2. The van der Waals surface area contributed by atoms with Crippen molar-refractivity contribution in [1.82, 2.24) is 4.98 Å². The van der Waals surface area contributed by atoms with Gasteiger partial charge >= 0.3 is 0 Å². The van der Waals surface area contributed by atoms with E-state index in [9.17, 15) is 18.0 Å². The topological polar surface area (TPSA) is 56.6 Å². The Morgan fingerprint density at radius 3 is 2.62 bits per heavy atom. The van der Waals surface area contributed by atoms with Crippen LogP contribution < -0.4 is 5.56 Å². The van der Waals surface area contributed by atoms with E-state index in [1.807, 2.05) is 0 Å². The van der Waals surface area contributed by atoms with E-state index >= 15 is 0 Å². The Hall–Kier alpha value is -1.77. The summed E-state index contributed by atoms with van der Waals surface area (Å²) in [5, 5.41) is 8.25. The summed E-state index contributed by atoms with van der Waals surface area (Å²) in [6.45, 7) is 0. The van der Waals surface area contributed by atoms with Gasteiger partial charge < -0.3 is 4.98 Å². The number of hydrogen-bond donors (Lipinski definition) is 1. The average molecular weight is 188 g/mol. The van der Waals surface area contributed by atoms with Gasteiger partial charge in [0.05, 0.1) is 0 Å². The fraction of sp³-hybridized carbons (Fsp3) is 0.143. The monoisotopic (exact) mass is 188 g/mol. The molecule has 0 spiro atoms. The van der Waals surface area contributed by atoms with Gasteiger partial charge in [-0.05, 0) is 6.07 Å². The minimum Gasteiger partial charge on any atom is -0.318 e. The van der Waals surface area contributed by atoms with Crippen LogP contribution in [-0.2, 0) is 0 Å². The van der Waals surface area contributed by atoms with Gasteiger partial charge in [-0.1, -0.05) is 0 Å². The van der Waals surface area contributed by atoms with Gasteiger partial charge in [-0.15, -0.1) is 0 Å². The van der Waals surface area contributed by atoms with Gasteiger partial charge in [0.15, 0.2) is 0 Å². The number of nitrogens with zero attached hydrogens (tertiary/aromatic N) is 1. The number of hydrogen-bond acceptors (Lipinski definition) is 2. The first-order valence-corrected chi connectivity index (χ1v) is 3.17. The SMILES string of the molecule is N#Cc1cc(F)c(C(F)F)[nH]c1=O. The van der Waals surface area contributed by atoms with E-state index in [1.165, 1.54) is 6.07 Å². The van der Waals surface area contributed by atoms with Gasteiger partial charge in [0, 0.05) is 0 Å². The third kappa shape index (κ3) is 1.69. The van der Waals surface area contributed by atoms with Crippen LogP contribution in [0.2, 0.25) is 0 Å². The van der Waals surface area contributed by atoms with Crippen LogP contribution in [0.25, 0.3) is 0 Å². The van der Waals surface area contributed by atoms with Gasteiger partial charge in [0.25, 0.3) is 12.0 Å². The largest absolute Gasteiger partial charge is 0.318 e. The van der Waals surface area contributed by atoms with Crippen molar-refractivity contribution in [2.45, 2.75) is 6.43 Å². The molecule has 0 aliphatic heterocycles. The van der Waals surface area contributed by atoms with Crippen molar-refractivity contribution in [1.29, 1.82) is 5.26 Å². The minimum absolute atomic E-state index is 0.486. The Labute approximate surface area is 70.4 Å². The molecular formula is C7H3F3N2O. The van der Waals surface area contributed by atoms with Crippen LogP contribution >= 0.6 is 0 Å². The molecule has 0 radical (unpaired) electrons. The van der Waals surface area contributed by atoms with Crippen LogP contribution in [-0.4, -0.2) is 4.98 Å². The number of H-pyrrole nitrogens is 1. The lowest BCUT2D eigenvalue weighted by atomic mass is 10.2. The summed E-state index contributed by atoms with van der Waals surface area (Å²) >= 11 is 0. The highest BCUT2D eigenvalue weighted by Crippen LogP contribution is 2.18. The van der Waals surface area contributed by atoms with Gasteiger partial charge in [0.2, 0.25) is 0 Å². The molecule has 6 heteroatoms. The Morgan fingerprint density at radius 1 is 1.54 bits per heavy atom. The van der Waals surface area contributed by atoms with Crippen LogP contribution in [0.4, 0.5) is 13.2 Å². The predicted molar refractivity (Wildman–Crippen MR) is 36.7 cm³/mol. The number of aromatic amines is 1. The molecule has 0 aromatic carbocycles. The van der Waals surface area contributed by atoms with Crippen LogP contribution in [0, 0.1) is 17.1 Å². The highest BCUT2D eigenvalue weighted by atomic mass is 19.3. The summed E-state index contributed by atoms with van der Waals surface area (Å²) in [4.78, 5) is 12.3. The number of rotatable bonds is 1. The maximum absolute atomic E-state index is 12.7. The van der Waals surface area contributed by atoms with Gasteiger partial charge in [-0.3, -0.25) is 4.79 Å². The molecule has 13 heavy (non-hydrogen) atoms. The lowest BCUT2D eigenvalue weighted by Gasteiger charge is -2.00. The Balaban J connectivity index is 3.40. The summed E-state index contributed by atoms with van der Waals surface area (Å²) in [6, 6.07) is 1.86. The van der Waals surface area contributed by atoms with Crippen LogP contribution in [0.1, 0.15) is 17.7 Å². The second kappa shape index (κ2) is 3.31. The molecule has 0 unspecified atom stereocenters. The van der Waals surface area contributed by atoms with Crippen molar-refractivity contribution in [3.63, 3.8) is 0 Å². The van der Waals surface area contributed by atoms with Crippen LogP contribution in [0.5, 0.6) is 0 Å². The maximum Gasteiger partial charge on any atom is 0.281 e. The molecule has 0 aliphatic carbocycles. The molecule has 0 saturated heterocycles. The van der Waals surface area contributed by atoms with E-state index in [1.54, 1.807) is 4.98 Å². The second-order valence-electron chi connectivity index (χ2n) is 2.19. The number of pyridine rings is 1. The van der Waals surface area contributed by atoms with E-state index < -0.39 is 29.1 Å². The lowest BCUT2D eigenvalue weighted by Crippen LogP contribution is -2.14. The Bertz CT molecular complexity index is 419. The van der Waals surface area contributed by atoms with Gasteiger partial charge in [-0.25, -0.2) is 13.2 Å². The fourth-order valence-electron chi connectivity index (χ4n) is 0.761. The number of nitrogens with one attached hydrogen (secondary N) is 1. The summed E-state index contributed by atoms with van der Waals surface area (Å²) in [6.07, 6.45) is -3.10. The molecule has 1 aromatic rings. The first-order chi connectivity index (χ1) is 6.06. The molecule has 0 atom stereocenters. The lowest BCUT2D eigenvalue weighted by molar-refractivity contribution is 0.140. The number of halogens is 3. The maximum atomic E-state index is 12.7. The van der Waals surface area contributed by atoms with E-state index in [0.29, 0.717) is 6.07 Å². The standard InChI is InChI=1S/C7H3F3N2O/c8-4-1-3(2-11)7(13)12-5(4)6(9)10/h1,6H,(H,12,13). The minimum atomic E-state index is -3.10. The average Bonchev–Trinajstić information content (AvgIpc) is 2.07. The molecule has 0 fully saturated rings. The number of aromatic nitrogens is 1. The second-order valence-corrected chi connectivity index (χ2v) is 2.19. The summed E-state index contributed by atoms with van der Waals surface area (Å²) < 4.78 is 36.6. The Kier molecular flexibility index (Phi) is 2.37. The van der Waals surface area contributed by atoms with E-state index in [4.69, 9.17) is 5.26 Å². The third-order valence-corrected chi connectivity index (χ3v) is 1.36. The molecular weight excluding hydrogens is 185 g/mol. The first kappa shape index (κ1) is 9.32. The quantitative estimate of drug-likeness (QED) is 0.722. The van der Waals surface area contributed by atoms with Gasteiger partial charge in [0.1, 0.15) is 23.1 Å². The summed E-state index contributed by atoms with van der Waals surface area (Å²) in [5.41, 5.74) is -2.63. The molecule has 1 rings (SSSR count).